The molecule has 1 aromatic heterocycles. The molecule has 0 saturated carbocycles. The quantitative estimate of drug-likeness (QED) is 0.710. The van der Waals surface area contributed by atoms with Gasteiger partial charge in [0.2, 0.25) is 0 Å². The molecule has 3 rings (SSSR count). The first-order valence-corrected chi connectivity index (χ1v) is 7.82. The van der Waals surface area contributed by atoms with E-state index in [1.165, 1.54) is 17.9 Å². The molecule has 0 radical (unpaired) electrons. The van der Waals surface area contributed by atoms with Gasteiger partial charge in [-0.3, -0.25) is 0 Å². The summed E-state index contributed by atoms with van der Waals surface area (Å²) in [5.74, 6) is -3.08. The van der Waals surface area contributed by atoms with Gasteiger partial charge in [-0.25, -0.2) is 18.7 Å². The van der Waals surface area contributed by atoms with E-state index in [9.17, 15) is 19.1 Å². The van der Waals surface area contributed by atoms with Gasteiger partial charge in [0.25, 0.3) is 0 Å². The molecule has 7 nitrogen and oxygen atoms in total. The first kappa shape index (κ1) is 18.1. The Balaban J connectivity index is 2.36. The van der Waals surface area contributed by atoms with Crippen LogP contribution in [-0.2, 0) is 9.47 Å². The molecular formula is C19H15FN2O5. The molecule has 0 saturated heterocycles. The Morgan fingerprint density at radius 3 is 2.30 bits per heavy atom. The summed E-state index contributed by atoms with van der Waals surface area (Å²) >= 11 is 0. The van der Waals surface area contributed by atoms with Crippen LogP contribution in [-0.4, -0.2) is 41.0 Å². The lowest BCUT2D eigenvalue weighted by atomic mass is 10.1. The van der Waals surface area contributed by atoms with Gasteiger partial charge in [-0.2, -0.15) is 5.10 Å². The summed E-state index contributed by atoms with van der Waals surface area (Å²) in [5.41, 5.74) is 0.376. The lowest BCUT2D eigenvalue weighted by Gasteiger charge is -2.07. The molecule has 0 spiro atoms. The van der Waals surface area contributed by atoms with Crippen LogP contribution in [0.15, 0.2) is 48.5 Å². The van der Waals surface area contributed by atoms with Gasteiger partial charge in [0.15, 0.2) is 17.3 Å². The summed E-state index contributed by atoms with van der Waals surface area (Å²) in [7, 11) is 2.33. The van der Waals surface area contributed by atoms with Gasteiger partial charge < -0.3 is 14.6 Å². The number of hydrogen-bond donors (Lipinski definition) is 1. The van der Waals surface area contributed by atoms with Crippen molar-refractivity contribution < 1.29 is 28.6 Å². The second-order valence-electron chi connectivity index (χ2n) is 5.47. The maximum absolute atomic E-state index is 13.8. The summed E-state index contributed by atoms with van der Waals surface area (Å²) in [6, 6.07) is 12.1. The van der Waals surface area contributed by atoms with Gasteiger partial charge >= 0.3 is 11.9 Å². The van der Waals surface area contributed by atoms with Crippen molar-refractivity contribution in [3.05, 3.63) is 65.6 Å². The number of carbonyl (C=O) groups excluding carboxylic acids is 2. The summed E-state index contributed by atoms with van der Waals surface area (Å²) in [5, 5.41) is 13.7. The lowest BCUT2D eigenvalue weighted by molar-refractivity contribution is 0.0549. The third-order valence-corrected chi connectivity index (χ3v) is 3.88. The molecular weight excluding hydrogens is 355 g/mol. The Kier molecular flexibility index (Phi) is 4.89. The average Bonchev–Trinajstić information content (AvgIpc) is 3.10. The zero-order valence-electron chi connectivity index (χ0n) is 14.5. The van der Waals surface area contributed by atoms with Crippen molar-refractivity contribution in [2.24, 2.45) is 0 Å². The molecule has 138 valence electrons. The van der Waals surface area contributed by atoms with E-state index < -0.39 is 23.5 Å². The number of benzene rings is 2. The number of aromatic nitrogens is 2. The van der Waals surface area contributed by atoms with Crippen LogP contribution in [0.25, 0.3) is 16.9 Å². The van der Waals surface area contributed by atoms with Gasteiger partial charge in [0.1, 0.15) is 11.3 Å². The van der Waals surface area contributed by atoms with E-state index >= 15 is 0 Å². The molecule has 27 heavy (non-hydrogen) atoms. The smallest absolute Gasteiger partial charge is 0.357 e. The fourth-order valence-electron chi connectivity index (χ4n) is 2.61. The first-order chi connectivity index (χ1) is 13.0. The van der Waals surface area contributed by atoms with E-state index in [0.717, 1.165) is 19.2 Å². The minimum absolute atomic E-state index is 0.0185. The number of rotatable bonds is 4. The number of phenolic OH excluding ortho intramolecular Hbond substituents is 1. The molecule has 0 amide bonds. The fraction of sp³-hybridized carbons (Fsp3) is 0.105. The molecule has 0 aliphatic carbocycles. The highest BCUT2D eigenvalue weighted by Crippen LogP contribution is 2.31. The van der Waals surface area contributed by atoms with Gasteiger partial charge in [0.05, 0.1) is 19.9 Å². The predicted molar refractivity (Wildman–Crippen MR) is 93.3 cm³/mol. The highest BCUT2D eigenvalue weighted by Gasteiger charge is 2.31. The van der Waals surface area contributed by atoms with Crippen LogP contribution in [0.3, 0.4) is 0 Å². The summed E-state index contributed by atoms with van der Waals surface area (Å²) < 4.78 is 24.7. The number of phenols is 1. The third kappa shape index (κ3) is 3.24. The Labute approximate surface area is 153 Å². The molecule has 8 heteroatoms. The second-order valence-corrected chi connectivity index (χ2v) is 5.47. The number of aromatic hydroxyl groups is 1. The summed E-state index contributed by atoms with van der Waals surface area (Å²) in [4.78, 5) is 24.8. The highest BCUT2D eigenvalue weighted by molar-refractivity contribution is 6.06. The van der Waals surface area contributed by atoms with Crippen molar-refractivity contribution in [2.45, 2.75) is 0 Å². The molecule has 0 aliphatic rings. The molecule has 1 N–H and O–H groups in total. The zero-order valence-corrected chi connectivity index (χ0v) is 14.5. The third-order valence-electron chi connectivity index (χ3n) is 3.88. The number of carbonyl (C=O) groups is 2. The van der Waals surface area contributed by atoms with Crippen molar-refractivity contribution in [2.75, 3.05) is 14.2 Å². The van der Waals surface area contributed by atoms with Crippen LogP contribution in [0.2, 0.25) is 0 Å². The van der Waals surface area contributed by atoms with E-state index in [2.05, 4.69) is 5.10 Å². The van der Waals surface area contributed by atoms with E-state index in [4.69, 9.17) is 9.47 Å². The van der Waals surface area contributed by atoms with Crippen LogP contribution in [0.4, 0.5) is 4.39 Å². The van der Waals surface area contributed by atoms with Gasteiger partial charge in [-0.1, -0.05) is 18.2 Å². The van der Waals surface area contributed by atoms with Gasteiger partial charge in [-0.05, 0) is 30.3 Å². The minimum Gasteiger partial charge on any atom is -0.505 e. The molecule has 0 aliphatic heterocycles. The van der Waals surface area contributed by atoms with Crippen molar-refractivity contribution in [1.82, 2.24) is 9.78 Å². The SMILES string of the molecule is COC(=O)c1c(-c2ccc(O)c(F)c2)nn(-c2ccccc2)c1C(=O)OC. The Bertz CT molecular complexity index is 1010. The average molecular weight is 370 g/mol. The largest absolute Gasteiger partial charge is 0.505 e. The highest BCUT2D eigenvalue weighted by atomic mass is 19.1. The number of nitrogens with zero attached hydrogens (tertiary/aromatic N) is 2. The summed E-state index contributed by atoms with van der Waals surface area (Å²) in [6.07, 6.45) is 0. The number of para-hydroxylation sites is 1. The molecule has 0 bridgehead atoms. The predicted octanol–water partition coefficient (Wildman–Crippen LogP) is 2.96. The van der Waals surface area contributed by atoms with Gasteiger partial charge in [-0.15, -0.1) is 0 Å². The maximum atomic E-state index is 13.8. The van der Waals surface area contributed by atoms with Crippen LogP contribution in [0, 0.1) is 5.82 Å². The molecule has 1 heterocycles. The van der Waals surface area contributed by atoms with Crippen LogP contribution in [0.5, 0.6) is 5.75 Å². The standard InChI is InChI=1S/C19H15FN2O5/c1-26-18(24)15-16(11-8-9-14(23)13(20)10-11)21-22(17(15)19(25)27-2)12-6-4-3-5-7-12/h3-10,23H,1-2H3. The van der Waals surface area contributed by atoms with Crippen molar-refractivity contribution in [1.29, 1.82) is 0 Å². The number of esters is 2. The topological polar surface area (TPSA) is 90.6 Å². The van der Waals surface area contributed by atoms with E-state index in [1.807, 2.05) is 0 Å². The number of hydrogen-bond acceptors (Lipinski definition) is 6. The molecule has 3 aromatic rings. The van der Waals surface area contributed by atoms with Crippen molar-refractivity contribution >= 4 is 11.9 Å². The normalized spacial score (nSPS) is 10.5. The van der Waals surface area contributed by atoms with Crippen LogP contribution < -0.4 is 0 Å². The monoisotopic (exact) mass is 370 g/mol. The lowest BCUT2D eigenvalue weighted by Crippen LogP contribution is -2.15. The molecule has 0 unspecified atom stereocenters. The Morgan fingerprint density at radius 2 is 1.70 bits per heavy atom. The second kappa shape index (κ2) is 7.28. The number of ether oxygens (including phenoxy) is 2. The fourth-order valence-corrected chi connectivity index (χ4v) is 2.61. The van der Waals surface area contributed by atoms with Crippen LogP contribution >= 0.6 is 0 Å². The van der Waals surface area contributed by atoms with Gasteiger partial charge in [0, 0.05) is 5.56 Å². The Morgan fingerprint density at radius 1 is 1.04 bits per heavy atom. The van der Waals surface area contributed by atoms with Crippen molar-refractivity contribution in [3.63, 3.8) is 0 Å². The summed E-state index contributed by atoms with van der Waals surface area (Å²) in [6.45, 7) is 0. The van der Waals surface area contributed by atoms with Crippen molar-refractivity contribution in [3.8, 4) is 22.7 Å². The molecule has 0 atom stereocenters. The maximum Gasteiger partial charge on any atom is 0.357 e. The Hall–Kier alpha value is -3.68. The van der Waals surface area contributed by atoms with E-state index in [-0.39, 0.29) is 22.5 Å². The van der Waals surface area contributed by atoms with E-state index in [0.29, 0.717) is 5.69 Å². The van der Waals surface area contributed by atoms with E-state index in [1.54, 1.807) is 30.3 Å². The molecule has 0 fully saturated rings. The zero-order chi connectivity index (χ0) is 19.6. The molecule has 2 aromatic carbocycles. The number of methoxy groups -OCH3 is 2. The number of halogens is 1. The first-order valence-electron chi connectivity index (χ1n) is 7.82. The van der Waals surface area contributed by atoms with Crippen LogP contribution in [0.1, 0.15) is 20.8 Å². The minimum atomic E-state index is -0.891.